The number of carbonyl (C=O) groups excluding carboxylic acids is 1. The standard InChI is InChI=1S/C19H23N5O2/c20-17(25)16-9-14(12-26-16)15-11-23-18(19-21-7-8-24(15)19)22-10-13-5-3-1-2-4-6-13/h7-9,11-13H,1-6,10H2,(H2,20,25)(H,22,23). The molecule has 0 spiro atoms. The van der Waals surface area contributed by atoms with E-state index in [1.54, 1.807) is 18.5 Å². The lowest BCUT2D eigenvalue weighted by atomic mass is 10.0. The van der Waals surface area contributed by atoms with Crippen molar-refractivity contribution < 1.29 is 9.21 Å². The summed E-state index contributed by atoms with van der Waals surface area (Å²) in [6, 6.07) is 1.62. The number of fused-ring (bicyclic) bond motifs is 1. The van der Waals surface area contributed by atoms with Crippen molar-refractivity contribution in [1.82, 2.24) is 14.4 Å². The van der Waals surface area contributed by atoms with Crippen LogP contribution in [0.2, 0.25) is 0 Å². The number of nitrogens with two attached hydrogens (primary N) is 1. The zero-order valence-electron chi connectivity index (χ0n) is 14.6. The molecule has 7 heteroatoms. The first-order chi connectivity index (χ1) is 12.7. The van der Waals surface area contributed by atoms with E-state index in [2.05, 4.69) is 15.3 Å². The zero-order chi connectivity index (χ0) is 17.9. The summed E-state index contributed by atoms with van der Waals surface area (Å²) >= 11 is 0. The van der Waals surface area contributed by atoms with Gasteiger partial charge >= 0.3 is 0 Å². The summed E-state index contributed by atoms with van der Waals surface area (Å²) in [5.74, 6) is 1.01. The number of aromatic nitrogens is 3. The van der Waals surface area contributed by atoms with Crippen molar-refractivity contribution >= 4 is 17.4 Å². The highest BCUT2D eigenvalue weighted by molar-refractivity contribution is 5.91. The molecule has 0 bridgehead atoms. The summed E-state index contributed by atoms with van der Waals surface area (Å²) < 4.78 is 7.17. The van der Waals surface area contributed by atoms with Crippen molar-refractivity contribution in [2.45, 2.75) is 38.5 Å². The second kappa shape index (κ2) is 7.19. The maximum absolute atomic E-state index is 11.3. The Labute approximate surface area is 151 Å². The van der Waals surface area contributed by atoms with E-state index in [1.807, 2.05) is 10.6 Å². The van der Waals surface area contributed by atoms with Crippen LogP contribution in [-0.2, 0) is 0 Å². The van der Waals surface area contributed by atoms with Crippen molar-refractivity contribution in [2.24, 2.45) is 11.7 Å². The molecule has 26 heavy (non-hydrogen) atoms. The number of nitrogens with zero attached hydrogens (tertiary/aromatic N) is 3. The normalized spacial score (nSPS) is 15.8. The van der Waals surface area contributed by atoms with Gasteiger partial charge in [0.1, 0.15) is 6.26 Å². The Hall–Kier alpha value is -2.83. The topological polar surface area (TPSA) is 98.5 Å². The molecule has 0 aliphatic heterocycles. The fourth-order valence-electron chi connectivity index (χ4n) is 3.67. The van der Waals surface area contributed by atoms with Crippen LogP contribution in [0.15, 0.2) is 35.3 Å². The van der Waals surface area contributed by atoms with Gasteiger partial charge in [-0.2, -0.15) is 0 Å². The van der Waals surface area contributed by atoms with E-state index >= 15 is 0 Å². The molecule has 3 aromatic heterocycles. The summed E-state index contributed by atoms with van der Waals surface area (Å²) in [4.78, 5) is 20.3. The average molecular weight is 353 g/mol. The maximum Gasteiger partial charge on any atom is 0.284 e. The number of hydrogen-bond donors (Lipinski definition) is 2. The highest BCUT2D eigenvalue weighted by Crippen LogP contribution is 2.27. The van der Waals surface area contributed by atoms with Gasteiger partial charge < -0.3 is 15.5 Å². The van der Waals surface area contributed by atoms with Crippen molar-refractivity contribution in [3.63, 3.8) is 0 Å². The Balaban J connectivity index is 1.58. The predicted molar refractivity (Wildman–Crippen MR) is 98.9 cm³/mol. The highest BCUT2D eigenvalue weighted by Gasteiger charge is 2.16. The number of primary amides is 1. The number of furan rings is 1. The molecular formula is C19H23N5O2. The lowest BCUT2D eigenvalue weighted by Crippen LogP contribution is -2.15. The van der Waals surface area contributed by atoms with E-state index in [4.69, 9.17) is 10.2 Å². The molecule has 0 atom stereocenters. The monoisotopic (exact) mass is 353 g/mol. The second-order valence-electron chi connectivity index (χ2n) is 6.92. The van der Waals surface area contributed by atoms with E-state index in [0.717, 1.165) is 29.3 Å². The van der Waals surface area contributed by atoms with Gasteiger partial charge in [0.05, 0.1) is 11.9 Å². The molecule has 136 valence electrons. The van der Waals surface area contributed by atoms with Crippen LogP contribution in [0.4, 0.5) is 5.82 Å². The van der Waals surface area contributed by atoms with E-state index < -0.39 is 5.91 Å². The van der Waals surface area contributed by atoms with E-state index in [0.29, 0.717) is 5.92 Å². The van der Waals surface area contributed by atoms with Crippen LogP contribution in [-0.4, -0.2) is 26.8 Å². The van der Waals surface area contributed by atoms with Crippen LogP contribution in [0.3, 0.4) is 0 Å². The van der Waals surface area contributed by atoms with Crippen LogP contribution < -0.4 is 11.1 Å². The number of nitrogens with one attached hydrogen (secondary N) is 1. The third-order valence-electron chi connectivity index (χ3n) is 5.10. The molecule has 4 rings (SSSR count). The molecule has 3 aromatic rings. The Kier molecular flexibility index (Phi) is 4.60. The van der Waals surface area contributed by atoms with Gasteiger partial charge in [-0.25, -0.2) is 9.97 Å². The number of rotatable bonds is 5. The molecule has 1 saturated carbocycles. The average Bonchev–Trinajstić information content (AvgIpc) is 3.25. The molecule has 3 N–H and O–H groups in total. The first-order valence-electron chi connectivity index (χ1n) is 9.17. The summed E-state index contributed by atoms with van der Waals surface area (Å²) in [5, 5.41) is 3.48. The van der Waals surface area contributed by atoms with E-state index in [9.17, 15) is 4.79 Å². The van der Waals surface area contributed by atoms with Crippen molar-refractivity contribution in [1.29, 1.82) is 0 Å². The van der Waals surface area contributed by atoms with Gasteiger partial charge in [-0.3, -0.25) is 9.20 Å². The summed E-state index contributed by atoms with van der Waals surface area (Å²) in [7, 11) is 0. The molecule has 0 unspecified atom stereocenters. The van der Waals surface area contributed by atoms with Crippen LogP contribution in [0.5, 0.6) is 0 Å². The van der Waals surface area contributed by atoms with Crippen molar-refractivity contribution in [3.05, 3.63) is 36.7 Å². The van der Waals surface area contributed by atoms with Gasteiger partial charge in [-0.05, 0) is 24.8 Å². The lowest BCUT2D eigenvalue weighted by Gasteiger charge is -2.16. The third-order valence-corrected chi connectivity index (χ3v) is 5.10. The number of amides is 1. The molecule has 0 aromatic carbocycles. The molecule has 0 radical (unpaired) electrons. The van der Waals surface area contributed by atoms with Crippen LogP contribution in [0.1, 0.15) is 49.1 Å². The molecule has 7 nitrogen and oxygen atoms in total. The van der Waals surface area contributed by atoms with E-state index in [1.165, 1.54) is 44.8 Å². The third kappa shape index (κ3) is 3.29. The van der Waals surface area contributed by atoms with E-state index in [-0.39, 0.29) is 5.76 Å². The summed E-state index contributed by atoms with van der Waals surface area (Å²) in [6.07, 6.45) is 14.8. The molecule has 0 saturated heterocycles. The smallest absolute Gasteiger partial charge is 0.284 e. The van der Waals surface area contributed by atoms with Crippen molar-refractivity contribution in [3.8, 4) is 11.3 Å². The van der Waals surface area contributed by atoms with Gasteiger partial charge in [0.15, 0.2) is 17.2 Å². The zero-order valence-corrected chi connectivity index (χ0v) is 14.6. The minimum atomic E-state index is -0.590. The molecule has 1 amide bonds. The van der Waals surface area contributed by atoms with Gasteiger partial charge in [0.25, 0.3) is 5.91 Å². The van der Waals surface area contributed by atoms with Crippen molar-refractivity contribution in [2.75, 3.05) is 11.9 Å². The maximum atomic E-state index is 11.3. The van der Waals surface area contributed by atoms with Gasteiger partial charge in [0.2, 0.25) is 0 Å². The van der Waals surface area contributed by atoms with Crippen LogP contribution >= 0.6 is 0 Å². The highest BCUT2D eigenvalue weighted by atomic mass is 16.3. The molecule has 3 heterocycles. The largest absolute Gasteiger partial charge is 0.458 e. The van der Waals surface area contributed by atoms with Gasteiger partial charge in [-0.15, -0.1) is 0 Å². The SMILES string of the molecule is NC(=O)c1cc(-c2cnc(NCC3CCCCCC3)c3nccn23)co1. The molecule has 1 fully saturated rings. The first kappa shape index (κ1) is 16.6. The minimum absolute atomic E-state index is 0.129. The molecule has 1 aliphatic carbocycles. The Morgan fingerprint density at radius 1 is 1.27 bits per heavy atom. The Morgan fingerprint density at radius 2 is 2.08 bits per heavy atom. The fourth-order valence-corrected chi connectivity index (χ4v) is 3.67. The minimum Gasteiger partial charge on any atom is -0.458 e. The second-order valence-corrected chi connectivity index (χ2v) is 6.92. The molecule has 1 aliphatic rings. The summed E-state index contributed by atoms with van der Waals surface area (Å²) in [6.45, 7) is 0.923. The number of imidazole rings is 1. The molecular weight excluding hydrogens is 330 g/mol. The number of carbonyl (C=O) groups is 1. The van der Waals surface area contributed by atoms with Gasteiger partial charge in [-0.1, -0.05) is 25.7 Å². The summed E-state index contributed by atoms with van der Waals surface area (Å²) in [5.41, 5.74) is 7.57. The number of hydrogen-bond acceptors (Lipinski definition) is 5. The quantitative estimate of drug-likeness (QED) is 0.684. The van der Waals surface area contributed by atoms with Gasteiger partial charge in [0, 0.05) is 24.5 Å². The van der Waals surface area contributed by atoms with Crippen LogP contribution in [0, 0.1) is 5.92 Å². The Morgan fingerprint density at radius 3 is 2.81 bits per heavy atom. The number of anilines is 1. The lowest BCUT2D eigenvalue weighted by molar-refractivity contribution is 0.0974. The van der Waals surface area contributed by atoms with Crippen LogP contribution in [0.25, 0.3) is 16.9 Å². The fraction of sp³-hybridized carbons (Fsp3) is 0.421. The first-order valence-corrected chi connectivity index (χ1v) is 9.17. The Bertz CT molecular complexity index is 906. The predicted octanol–water partition coefficient (Wildman–Crippen LogP) is 3.47.